The maximum Gasteiger partial charge on any atom is 0.356 e. The van der Waals surface area contributed by atoms with Crippen LogP contribution in [-0.4, -0.2) is 43.1 Å². The van der Waals surface area contributed by atoms with E-state index in [1.807, 2.05) is 26.8 Å². The van der Waals surface area contributed by atoms with Crippen LogP contribution in [-0.2, 0) is 19.0 Å². The summed E-state index contributed by atoms with van der Waals surface area (Å²) in [5, 5.41) is 1.79. The fraction of sp³-hybridized carbons (Fsp3) is 0.611. The van der Waals surface area contributed by atoms with Crippen LogP contribution in [0.25, 0.3) is 0 Å². The molecule has 0 radical (unpaired) electrons. The maximum atomic E-state index is 12.0. The molecule has 0 spiro atoms. The van der Waals surface area contributed by atoms with E-state index >= 15 is 0 Å². The summed E-state index contributed by atoms with van der Waals surface area (Å²) in [6.45, 7) is 9.29. The molecule has 0 aromatic carbocycles. The van der Waals surface area contributed by atoms with Crippen molar-refractivity contribution in [3.63, 3.8) is 0 Å². The SMILES string of the molecule is CC.CCC1C=C2C(C3(CC)OCCO3)=CC=C(C(=O)OC)N2N1. The van der Waals surface area contributed by atoms with E-state index in [-0.39, 0.29) is 12.0 Å². The van der Waals surface area contributed by atoms with Gasteiger partial charge in [0.05, 0.1) is 26.0 Å². The zero-order valence-corrected chi connectivity index (χ0v) is 15.2. The van der Waals surface area contributed by atoms with Crippen LogP contribution < -0.4 is 5.43 Å². The van der Waals surface area contributed by atoms with E-state index in [4.69, 9.17) is 14.2 Å². The fourth-order valence-corrected chi connectivity index (χ4v) is 3.07. The van der Waals surface area contributed by atoms with Gasteiger partial charge in [-0.05, 0) is 24.6 Å². The average Bonchev–Trinajstić information content (AvgIpc) is 3.29. The Kier molecular flexibility index (Phi) is 6.21. The summed E-state index contributed by atoms with van der Waals surface area (Å²) in [5.74, 6) is -1.10. The van der Waals surface area contributed by atoms with Crippen molar-refractivity contribution in [2.75, 3.05) is 20.3 Å². The third-order valence-electron chi connectivity index (χ3n) is 4.28. The maximum absolute atomic E-state index is 12.0. The van der Waals surface area contributed by atoms with Gasteiger partial charge in [0.2, 0.25) is 0 Å². The largest absolute Gasteiger partial charge is 0.464 e. The van der Waals surface area contributed by atoms with Crippen LogP contribution in [0.1, 0.15) is 40.5 Å². The van der Waals surface area contributed by atoms with E-state index in [9.17, 15) is 4.79 Å². The number of methoxy groups -OCH3 is 1. The van der Waals surface area contributed by atoms with Crippen molar-refractivity contribution in [3.05, 3.63) is 35.2 Å². The van der Waals surface area contributed by atoms with Gasteiger partial charge in [-0.25, -0.2) is 10.2 Å². The fourth-order valence-electron chi connectivity index (χ4n) is 3.07. The molecule has 1 N–H and O–H groups in total. The Bertz CT molecular complexity index is 559. The summed E-state index contributed by atoms with van der Waals surface area (Å²) in [7, 11) is 1.38. The van der Waals surface area contributed by atoms with Crippen LogP contribution in [0.15, 0.2) is 35.2 Å². The van der Waals surface area contributed by atoms with Gasteiger partial charge in [-0.2, -0.15) is 0 Å². The number of hydrogen-bond acceptors (Lipinski definition) is 6. The molecule has 0 aromatic rings. The molecule has 3 rings (SSSR count). The highest BCUT2D eigenvalue weighted by atomic mass is 16.7. The number of hydrogen-bond donors (Lipinski definition) is 1. The molecule has 3 aliphatic rings. The third kappa shape index (κ3) is 3.14. The number of fused-ring (bicyclic) bond motifs is 1. The zero-order valence-electron chi connectivity index (χ0n) is 15.2. The Morgan fingerprint density at radius 2 is 2.00 bits per heavy atom. The van der Waals surface area contributed by atoms with Crippen LogP contribution in [0.3, 0.4) is 0 Å². The van der Waals surface area contributed by atoms with Gasteiger partial charge in [0, 0.05) is 18.0 Å². The van der Waals surface area contributed by atoms with Crippen molar-refractivity contribution < 1.29 is 19.0 Å². The van der Waals surface area contributed by atoms with E-state index in [1.54, 1.807) is 11.1 Å². The van der Waals surface area contributed by atoms with Gasteiger partial charge in [0.25, 0.3) is 0 Å². The Morgan fingerprint density at radius 3 is 2.54 bits per heavy atom. The second-order valence-electron chi connectivity index (χ2n) is 5.46. The molecule has 6 nitrogen and oxygen atoms in total. The van der Waals surface area contributed by atoms with Crippen molar-refractivity contribution in [2.45, 2.75) is 52.4 Å². The molecule has 1 saturated heterocycles. The monoisotopic (exact) mass is 336 g/mol. The third-order valence-corrected chi connectivity index (χ3v) is 4.28. The number of nitrogens with zero attached hydrogens (tertiary/aromatic N) is 1. The van der Waals surface area contributed by atoms with Crippen molar-refractivity contribution >= 4 is 5.97 Å². The smallest absolute Gasteiger partial charge is 0.356 e. The first kappa shape index (κ1) is 18.7. The molecular formula is C18H28N2O4. The minimum Gasteiger partial charge on any atom is -0.464 e. The van der Waals surface area contributed by atoms with Crippen LogP contribution >= 0.6 is 0 Å². The summed E-state index contributed by atoms with van der Waals surface area (Å²) in [6.07, 6.45) is 7.41. The minimum atomic E-state index is -0.730. The van der Waals surface area contributed by atoms with Crippen LogP contribution in [0.2, 0.25) is 0 Å². The molecule has 24 heavy (non-hydrogen) atoms. The number of ether oxygens (including phenoxy) is 3. The van der Waals surface area contributed by atoms with Crippen molar-refractivity contribution in [1.29, 1.82) is 0 Å². The molecule has 3 heterocycles. The summed E-state index contributed by atoms with van der Waals surface area (Å²) >= 11 is 0. The van der Waals surface area contributed by atoms with Gasteiger partial charge < -0.3 is 14.2 Å². The predicted octanol–water partition coefficient (Wildman–Crippen LogP) is 2.65. The lowest BCUT2D eigenvalue weighted by Gasteiger charge is -2.35. The van der Waals surface area contributed by atoms with E-state index in [1.165, 1.54) is 7.11 Å². The summed E-state index contributed by atoms with van der Waals surface area (Å²) in [6, 6.07) is 0.167. The molecule has 3 aliphatic heterocycles. The molecule has 0 amide bonds. The summed E-state index contributed by atoms with van der Waals surface area (Å²) < 4.78 is 16.7. The van der Waals surface area contributed by atoms with E-state index in [2.05, 4.69) is 18.4 Å². The number of carbonyl (C=O) groups is 1. The van der Waals surface area contributed by atoms with Gasteiger partial charge >= 0.3 is 5.97 Å². The van der Waals surface area contributed by atoms with Crippen LogP contribution in [0.5, 0.6) is 0 Å². The highest BCUT2D eigenvalue weighted by molar-refractivity contribution is 5.89. The summed E-state index contributed by atoms with van der Waals surface area (Å²) in [5.41, 5.74) is 5.66. The second-order valence-corrected chi connectivity index (χ2v) is 5.46. The Balaban J connectivity index is 0.00000100. The molecule has 1 atom stereocenters. The standard InChI is InChI=1S/C16H22N2O4.C2H6/c1-4-11-10-14-12(16(5-2)21-8-9-22-16)6-7-13(15(19)20-3)18(14)17-11;1-2/h6-7,10-11,17H,4-5,8-9H2,1-3H3;1-2H3. The molecule has 0 bridgehead atoms. The van der Waals surface area contributed by atoms with Crippen LogP contribution in [0, 0.1) is 0 Å². The lowest BCUT2D eigenvalue weighted by molar-refractivity contribution is -0.139. The molecule has 0 aliphatic carbocycles. The van der Waals surface area contributed by atoms with E-state index in [0.717, 1.165) is 17.7 Å². The Labute approximate surface area is 144 Å². The molecule has 134 valence electrons. The van der Waals surface area contributed by atoms with Gasteiger partial charge in [0.1, 0.15) is 5.70 Å². The van der Waals surface area contributed by atoms with E-state index in [0.29, 0.717) is 25.3 Å². The second kappa shape index (κ2) is 7.96. The number of carbonyl (C=O) groups excluding carboxylic acids is 1. The van der Waals surface area contributed by atoms with E-state index < -0.39 is 5.79 Å². The Hall–Kier alpha value is -1.63. The first-order valence-corrected chi connectivity index (χ1v) is 8.72. The highest BCUT2D eigenvalue weighted by Crippen LogP contribution is 2.41. The number of hydrazine groups is 1. The number of rotatable bonds is 4. The summed E-state index contributed by atoms with van der Waals surface area (Å²) in [4.78, 5) is 12.0. The number of nitrogens with one attached hydrogen (secondary N) is 1. The molecular weight excluding hydrogens is 308 g/mol. The Morgan fingerprint density at radius 1 is 1.33 bits per heavy atom. The zero-order chi connectivity index (χ0) is 17.7. The highest BCUT2D eigenvalue weighted by Gasteiger charge is 2.45. The predicted molar refractivity (Wildman–Crippen MR) is 91.6 cm³/mol. The van der Waals surface area contributed by atoms with Crippen molar-refractivity contribution in [2.24, 2.45) is 0 Å². The van der Waals surface area contributed by atoms with Gasteiger partial charge in [-0.15, -0.1) is 0 Å². The van der Waals surface area contributed by atoms with Gasteiger partial charge in [0.15, 0.2) is 5.79 Å². The first-order chi connectivity index (χ1) is 11.6. The average molecular weight is 336 g/mol. The molecule has 1 fully saturated rings. The molecule has 6 heteroatoms. The van der Waals surface area contributed by atoms with Crippen molar-refractivity contribution in [1.82, 2.24) is 10.4 Å². The van der Waals surface area contributed by atoms with Crippen LogP contribution in [0.4, 0.5) is 0 Å². The van der Waals surface area contributed by atoms with Gasteiger partial charge in [-0.3, -0.25) is 5.01 Å². The number of allylic oxidation sites excluding steroid dienone is 2. The number of esters is 1. The first-order valence-electron chi connectivity index (χ1n) is 8.72. The topological polar surface area (TPSA) is 60.0 Å². The lowest BCUT2D eigenvalue weighted by Crippen LogP contribution is -2.43. The van der Waals surface area contributed by atoms with Crippen molar-refractivity contribution in [3.8, 4) is 0 Å². The molecule has 0 aromatic heterocycles. The quantitative estimate of drug-likeness (QED) is 0.797. The lowest BCUT2D eigenvalue weighted by atomic mass is 9.95. The van der Waals surface area contributed by atoms with Gasteiger partial charge in [-0.1, -0.05) is 27.7 Å². The normalized spacial score (nSPS) is 24.3. The molecule has 0 saturated carbocycles. The molecule has 1 unspecified atom stereocenters. The minimum absolute atomic E-state index is 0.167.